The molecule has 1 rings (SSSR count). The lowest BCUT2D eigenvalue weighted by Crippen LogP contribution is -2.39. The van der Waals surface area contributed by atoms with Crippen molar-refractivity contribution in [2.75, 3.05) is 34.2 Å². The van der Waals surface area contributed by atoms with Crippen LogP contribution >= 0.6 is 0 Å². The highest BCUT2D eigenvalue weighted by atomic mass is 16.2. The molecule has 0 fully saturated rings. The Morgan fingerprint density at radius 2 is 2.04 bits per heavy atom. The summed E-state index contributed by atoms with van der Waals surface area (Å²) in [4.78, 5) is 19.7. The van der Waals surface area contributed by atoms with Gasteiger partial charge in [0.1, 0.15) is 6.54 Å². The summed E-state index contributed by atoms with van der Waals surface area (Å²) < 4.78 is 1.85. The Morgan fingerprint density at radius 3 is 2.57 bits per heavy atom. The molecule has 1 amide bonds. The number of aromatic nitrogens is 2. The summed E-state index contributed by atoms with van der Waals surface area (Å²) in [7, 11) is 7.38. The average Bonchev–Trinajstić information content (AvgIpc) is 2.83. The molecule has 0 aliphatic heterocycles. The third kappa shape index (κ3) is 5.58. The van der Waals surface area contributed by atoms with Crippen molar-refractivity contribution in [3.8, 4) is 0 Å². The van der Waals surface area contributed by atoms with Crippen molar-refractivity contribution in [1.29, 1.82) is 0 Å². The highest BCUT2D eigenvalue weighted by molar-refractivity contribution is 5.84. The lowest BCUT2D eigenvalue weighted by Gasteiger charge is -2.22. The molecule has 1 N–H and O–H groups in total. The minimum Gasteiger partial charge on any atom is -0.357 e. The zero-order valence-electron chi connectivity index (χ0n) is 15.4. The molecular weight excluding hydrogens is 292 g/mol. The molecule has 0 atom stereocenters. The Kier molecular flexibility index (Phi) is 7.06. The fraction of sp³-hybridized carbons (Fsp3) is 0.688. The van der Waals surface area contributed by atoms with Crippen LogP contribution in [-0.4, -0.2) is 65.7 Å². The van der Waals surface area contributed by atoms with Gasteiger partial charge in [0.25, 0.3) is 0 Å². The van der Waals surface area contributed by atoms with Crippen molar-refractivity contribution in [2.24, 2.45) is 12.0 Å². The van der Waals surface area contributed by atoms with Gasteiger partial charge in [0.05, 0.1) is 5.69 Å². The van der Waals surface area contributed by atoms with E-state index in [-0.39, 0.29) is 12.5 Å². The number of aliphatic imine (C=N–C) groups is 1. The lowest BCUT2D eigenvalue weighted by molar-refractivity contribution is -0.127. The van der Waals surface area contributed by atoms with Crippen molar-refractivity contribution in [1.82, 2.24) is 24.9 Å². The van der Waals surface area contributed by atoms with Gasteiger partial charge in [-0.25, -0.2) is 4.99 Å². The minimum absolute atomic E-state index is 0.0157. The van der Waals surface area contributed by atoms with Gasteiger partial charge in [-0.3, -0.25) is 9.48 Å². The van der Waals surface area contributed by atoms with Gasteiger partial charge in [0.2, 0.25) is 5.91 Å². The number of guanidine groups is 1. The number of nitrogens with zero attached hydrogens (tertiary/aromatic N) is 5. The number of hydrogen-bond acceptors (Lipinski definition) is 3. The van der Waals surface area contributed by atoms with Crippen LogP contribution in [0.15, 0.2) is 11.2 Å². The molecular formula is C16H30N6O. The van der Waals surface area contributed by atoms with E-state index >= 15 is 0 Å². The second-order valence-corrected chi connectivity index (χ2v) is 6.18. The van der Waals surface area contributed by atoms with Gasteiger partial charge < -0.3 is 15.1 Å². The van der Waals surface area contributed by atoms with Gasteiger partial charge in [-0.2, -0.15) is 5.10 Å². The van der Waals surface area contributed by atoms with Crippen LogP contribution < -0.4 is 5.32 Å². The normalized spacial score (nSPS) is 11.7. The van der Waals surface area contributed by atoms with Gasteiger partial charge in [0, 0.05) is 53.0 Å². The molecule has 1 aromatic heterocycles. The molecule has 0 unspecified atom stereocenters. The smallest absolute Gasteiger partial charge is 0.243 e. The Balaban J connectivity index is 2.88. The molecule has 130 valence electrons. The maximum atomic E-state index is 11.7. The van der Waals surface area contributed by atoms with Crippen LogP contribution in [0.3, 0.4) is 0 Å². The summed E-state index contributed by atoms with van der Waals surface area (Å²) in [5, 5.41) is 7.77. The summed E-state index contributed by atoms with van der Waals surface area (Å²) in [5.41, 5.74) is 2.27. The molecule has 23 heavy (non-hydrogen) atoms. The fourth-order valence-corrected chi connectivity index (χ4v) is 2.25. The number of carbonyl (C=O) groups excluding carboxylic acids is 1. The molecule has 7 nitrogen and oxygen atoms in total. The number of likely N-dealkylation sites (N-methyl/N-ethyl adjacent to an activating group) is 1. The van der Waals surface area contributed by atoms with E-state index in [1.807, 2.05) is 36.8 Å². The van der Waals surface area contributed by atoms with Crippen molar-refractivity contribution < 1.29 is 4.79 Å². The predicted octanol–water partition coefficient (Wildman–Crippen LogP) is 1.03. The van der Waals surface area contributed by atoms with Gasteiger partial charge in [0.15, 0.2) is 5.96 Å². The van der Waals surface area contributed by atoms with E-state index in [0.29, 0.717) is 12.5 Å². The SMILES string of the molecule is CCNC(=NCC(=O)N(C)C)N(C)Cc1cn(C)nc1C(C)C. The molecule has 0 aliphatic carbocycles. The minimum atomic E-state index is -0.0157. The molecule has 0 saturated carbocycles. The highest BCUT2D eigenvalue weighted by Gasteiger charge is 2.15. The van der Waals surface area contributed by atoms with Crippen LogP contribution in [0.1, 0.15) is 37.9 Å². The van der Waals surface area contributed by atoms with E-state index < -0.39 is 0 Å². The number of amides is 1. The van der Waals surface area contributed by atoms with Crippen molar-refractivity contribution in [2.45, 2.75) is 33.2 Å². The van der Waals surface area contributed by atoms with Crippen LogP contribution in [-0.2, 0) is 18.4 Å². The Labute approximate surface area is 139 Å². The van der Waals surface area contributed by atoms with Crippen molar-refractivity contribution >= 4 is 11.9 Å². The van der Waals surface area contributed by atoms with Crippen LogP contribution in [0.25, 0.3) is 0 Å². The third-order valence-electron chi connectivity index (χ3n) is 3.45. The fourth-order valence-electron chi connectivity index (χ4n) is 2.25. The Morgan fingerprint density at radius 1 is 1.39 bits per heavy atom. The summed E-state index contributed by atoms with van der Waals surface area (Å²) in [6, 6.07) is 0. The summed E-state index contributed by atoms with van der Waals surface area (Å²) in [6.07, 6.45) is 2.04. The zero-order chi connectivity index (χ0) is 17.6. The second kappa shape index (κ2) is 8.55. The average molecular weight is 322 g/mol. The molecule has 7 heteroatoms. The summed E-state index contributed by atoms with van der Waals surface area (Å²) in [5.74, 6) is 1.08. The van der Waals surface area contributed by atoms with Crippen LogP contribution in [0.4, 0.5) is 0 Å². The number of rotatable bonds is 6. The van der Waals surface area contributed by atoms with Gasteiger partial charge in [-0.1, -0.05) is 13.8 Å². The molecule has 1 aromatic rings. The Hall–Kier alpha value is -2.05. The zero-order valence-corrected chi connectivity index (χ0v) is 15.4. The van der Waals surface area contributed by atoms with Gasteiger partial charge in [-0.05, 0) is 12.8 Å². The molecule has 0 radical (unpaired) electrons. The van der Waals surface area contributed by atoms with Crippen molar-refractivity contribution in [3.05, 3.63) is 17.5 Å². The van der Waals surface area contributed by atoms with Gasteiger partial charge >= 0.3 is 0 Å². The third-order valence-corrected chi connectivity index (χ3v) is 3.45. The largest absolute Gasteiger partial charge is 0.357 e. The molecule has 0 spiro atoms. The monoisotopic (exact) mass is 322 g/mol. The van der Waals surface area contributed by atoms with Crippen LogP contribution in [0, 0.1) is 0 Å². The first-order valence-electron chi connectivity index (χ1n) is 7.98. The maximum Gasteiger partial charge on any atom is 0.243 e. The van der Waals surface area contributed by atoms with E-state index in [9.17, 15) is 4.79 Å². The molecule has 0 bridgehead atoms. The number of carbonyl (C=O) groups is 1. The first kappa shape index (κ1) is 19.0. The first-order valence-corrected chi connectivity index (χ1v) is 7.98. The van der Waals surface area contributed by atoms with Crippen molar-refractivity contribution in [3.63, 3.8) is 0 Å². The van der Waals surface area contributed by atoms with E-state index in [4.69, 9.17) is 0 Å². The standard InChI is InChI=1S/C16H30N6O/c1-8-17-16(18-9-14(23)20(4)5)21(6)10-13-11-22(7)19-15(13)12(2)3/h11-12H,8-10H2,1-7H3,(H,17,18). The van der Waals surface area contributed by atoms with Crippen LogP contribution in [0.5, 0.6) is 0 Å². The first-order chi connectivity index (χ1) is 10.8. The number of aryl methyl sites for hydroxylation is 1. The molecule has 1 heterocycles. The van der Waals surface area contributed by atoms with Gasteiger partial charge in [-0.15, -0.1) is 0 Å². The Bertz CT molecular complexity index is 547. The number of hydrogen-bond donors (Lipinski definition) is 1. The van der Waals surface area contributed by atoms with Crippen LogP contribution in [0.2, 0.25) is 0 Å². The lowest BCUT2D eigenvalue weighted by atomic mass is 10.1. The maximum absolute atomic E-state index is 11.7. The molecule has 0 aliphatic rings. The highest BCUT2D eigenvalue weighted by Crippen LogP contribution is 2.18. The summed E-state index contributed by atoms with van der Waals surface area (Å²) in [6.45, 7) is 7.89. The van der Waals surface area contributed by atoms with E-state index in [1.165, 1.54) is 5.56 Å². The quantitative estimate of drug-likeness (QED) is 0.627. The number of nitrogens with one attached hydrogen (secondary N) is 1. The van der Waals surface area contributed by atoms with E-state index in [0.717, 1.165) is 18.2 Å². The molecule has 0 saturated heterocycles. The summed E-state index contributed by atoms with van der Waals surface area (Å²) >= 11 is 0. The predicted molar refractivity (Wildman–Crippen MR) is 93.4 cm³/mol. The molecule has 0 aromatic carbocycles. The van der Waals surface area contributed by atoms with E-state index in [1.54, 1.807) is 19.0 Å². The second-order valence-electron chi connectivity index (χ2n) is 6.18. The topological polar surface area (TPSA) is 65.8 Å². The van der Waals surface area contributed by atoms with E-state index in [2.05, 4.69) is 29.3 Å².